The van der Waals surface area contributed by atoms with Gasteiger partial charge in [-0.15, -0.1) is 0 Å². The van der Waals surface area contributed by atoms with E-state index in [2.05, 4.69) is 5.32 Å². The Kier molecular flexibility index (Phi) is 4.81. The smallest absolute Gasteiger partial charge is 0.129 e. The van der Waals surface area contributed by atoms with E-state index < -0.39 is 11.9 Å². The van der Waals surface area contributed by atoms with Gasteiger partial charge in [0, 0.05) is 31.7 Å². The normalized spacial score (nSPS) is 18.9. The third-order valence-electron chi connectivity index (χ3n) is 3.18. The number of aliphatic hydroxyl groups excluding tert-OH is 1. The number of hydrogen-bond donors (Lipinski definition) is 2. The Bertz CT molecular complexity index is 425. The van der Waals surface area contributed by atoms with E-state index in [4.69, 9.17) is 23.2 Å². The molecule has 1 heterocycles. The molecule has 1 aliphatic rings. The van der Waals surface area contributed by atoms with Gasteiger partial charge >= 0.3 is 0 Å². The SMILES string of the molecule is OC[C@H](c1c(F)ccc(Cl)c1Cl)N1CCNCC1. The average molecular weight is 293 g/mol. The molecule has 0 saturated carbocycles. The van der Waals surface area contributed by atoms with Gasteiger partial charge in [-0.1, -0.05) is 23.2 Å². The summed E-state index contributed by atoms with van der Waals surface area (Å²) in [6.07, 6.45) is 0. The fourth-order valence-electron chi connectivity index (χ4n) is 2.23. The van der Waals surface area contributed by atoms with Gasteiger partial charge in [0.25, 0.3) is 0 Å². The molecule has 1 aliphatic heterocycles. The molecule has 0 unspecified atom stereocenters. The lowest BCUT2D eigenvalue weighted by Crippen LogP contribution is -2.46. The van der Waals surface area contributed by atoms with Crippen molar-refractivity contribution < 1.29 is 9.50 Å². The van der Waals surface area contributed by atoms with E-state index in [-0.39, 0.29) is 17.2 Å². The first-order valence-corrected chi connectivity index (χ1v) is 6.59. The molecule has 1 fully saturated rings. The first-order valence-electron chi connectivity index (χ1n) is 5.84. The molecule has 0 spiro atoms. The average Bonchev–Trinajstić information content (AvgIpc) is 2.40. The van der Waals surface area contributed by atoms with Crippen LogP contribution in [0.25, 0.3) is 0 Å². The number of hydrogen-bond acceptors (Lipinski definition) is 3. The number of rotatable bonds is 3. The Morgan fingerprint density at radius 2 is 2.00 bits per heavy atom. The van der Waals surface area contributed by atoms with Gasteiger partial charge in [0.1, 0.15) is 5.82 Å². The summed E-state index contributed by atoms with van der Waals surface area (Å²) in [7, 11) is 0. The molecule has 2 N–H and O–H groups in total. The number of nitrogens with one attached hydrogen (secondary N) is 1. The number of aliphatic hydroxyl groups is 1. The minimum atomic E-state index is -0.446. The Hall–Kier alpha value is -0.390. The zero-order valence-corrected chi connectivity index (χ0v) is 11.3. The standard InChI is InChI=1S/C12H15Cl2FN2O/c13-8-1-2-9(15)11(12(8)14)10(7-18)17-5-3-16-4-6-17/h1-2,10,16,18H,3-7H2/t10-/m1/s1. The maximum atomic E-state index is 13.9. The van der Waals surface area contributed by atoms with Crippen LogP contribution in [0.2, 0.25) is 10.0 Å². The molecule has 100 valence electrons. The van der Waals surface area contributed by atoms with Crippen molar-refractivity contribution in [2.45, 2.75) is 6.04 Å². The van der Waals surface area contributed by atoms with Crippen molar-refractivity contribution in [3.8, 4) is 0 Å². The summed E-state index contributed by atoms with van der Waals surface area (Å²) in [5, 5.41) is 13.2. The molecule has 0 radical (unpaired) electrons. The van der Waals surface area contributed by atoms with Crippen LogP contribution in [0.4, 0.5) is 4.39 Å². The van der Waals surface area contributed by atoms with Crippen LogP contribution in [0.3, 0.4) is 0 Å². The highest BCUT2D eigenvalue weighted by Gasteiger charge is 2.27. The van der Waals surface area contributed by atoms with Crippen LogP contribution in [-0.4, -0.2) is 42.8 Å². The maximum absolute atomic E-state index is 13.9. The third-order valence-corrected chi connectivity index (χ3v) is 4.00. The van der Waals surface area contributed by atoms with E-state index in [0.29, 0.717) is 5.02 Å². The predicted octanol–water partition coefficient (Wildman–Crippen LogP) is 2.07. The van der Waals surface area contributed by atoms with Crippen LogP contribution in [0.5, 0.6) is 0 Å². The van der Waals surface area contributed by atoms with Gasteiger partial charge in [-0.25, -0.2) is 4.39 Å². The molecule has 0 aromatic heterocycles. The molecule has 0 amide bonds. The molecular formula is C12H15Cl2FN2O. The molecule has 1 aromatic carbocycles. The summed E-state index contributed by atoms with van der Waals surface area (Å²) in [4.78, 5) is 2.01. The van der Waals surface area contributed by atoms with Crippen LogP contribution in [0.15, 0.2) is 12.1 Å². The lowest BCUT2D eigenvalue weighted by molar-refractivity contribution is 0.108. The molecule has 1 atom stereocenters. The van der Waals surface area contributed by atoms with Gasteiger partial charge < -0.3 is 10.4 Å². The van der Waals surface area contributed by atoms with Gasteiger partial charge in [-0.2, -0.15) is 0 Å². The van der Waals surface area contributed by atoms with Crippen molar-refractivity contribution >= 4 is 23.2 Å². The van der Waals surface area contributed by atoms with E-state index in [1.165, 1.54) is 12.1 Å². The molecule has 3 nitrogen and oxygen atoms in total. The predicted molar refractivity (Wildman–Crippen MR) is 70.7 cm³/mol. The number of benzene rings is 1. The maximum Gasteiger partial charge on any atom is 0.129 e. The highest BCUT2D eigenvalue weighted by atomic mass is 35.5. The molecule has 1 aromatic rings. The highest BCUT2D eigenvalue weighted by molar-refractivity contribution is 6.42. The van der Waals surface area contributed by atoms with Gasteiger partial charge in [-0.05, 0) is 12.1 Å². The first-order chi connectivity index (χ1) is 8.65. The van der Waals surface area contributed by atoms with Crippen LogP contribution >= 0.6 is 23.2 Å². The van der Waals surface area contributed by atoms with Gasteiger partial charge in [0.15, 0.2) is 0 Å². The summed E-state index contributed by atoms with van der Waals surface area (Å²) in [6, 6.07) is 2.27. The quantitative estimate of drug-likeness (QED) is 0.838. The minimum Gasteiger partial charge on any atom is -0.394 e. The summed E-state index contributed by atoms with van der Waals surface area (Å²) >= 11 is 12.0. The van der Waals surface area contributed by atoms with E-state index in [9.17, 15) is 9.50 Å². The molecule has 2 rings (SSSR count). The van der Waals surface area contributed by atoms with Crippen LogP contribution in [-0.2, 0) is 0 Å². The third kappa shape index (κ3) is 2.78. The van der Waals surface area contributed by atoms with Crippen molar-refractivity contribution in [1.29, 1.82) is 0 Å². The van der Waals surface area contributed by atoms with Crippen molar-refractivity contribution in [1.82, 2.24) is 10.2 Å². The zero-order valence-electron chi connectivity index (χ0n) is 9.80. The molecular weight excluding hydrogens is 278 g/mol. The van der Waals surface area contributed by atoms with Gasteiger partial charge in [0.2, 0.25) is 0 Å². The second-order valence-corrected chi connectivity index (χ2v) is 5.03. The highest BCUT2D eigenvalue weighted by Crippen LogP contribution is 2.34. The summed E-state index contributed by atoms with van der Waals surface area (Å²) in [5.74, 6) is -0.429. The fourth-order valence-corrected chi connectivity index (χ4v) is 2.68. The van der Waals surface area contributed by atoms with E-state index in [1.807, 2.05) is 4.90 Å². The Morgan fingerprint density at radius 1 is 1.33 bits per heavy atom. The second kappa shape index (κ2) is 6.17. The molecule has 18 heavy (non-hydrogen) atoms. The Labute approximate surface area is 115 Å². The monoisotopic (exact) mass is 292 g/mol. The van der Waals surface area contributed by atoms with Crippen LogP contribution in [0, 0.1) is 5.82 Å². The Balaban J connectivity index is 2.34. The summed E-state index contributed by atoms with van der Waals surface area (Å²) < 4.78 is 13.9. The van der Waals surface area contributed by atoms with Crippen LogP contribution < -0.4 is 5.32 Å². The van der Waals surface area contributed by atoms with Crippen molar-refractivity contribution in [2.24, 2.45) is 0 Å². The molecule has 6 heteroatoms. The minimum absolute atomic E-state index is 0.184. The lowest BCUT2D eigenvalue weighted by atomic mass is 10.0. The number of nitrogens with zero attached hydrogens (tertiary/aromatic N) is 1. The summed E-state index contributed by atoms with van der Waals surface area (Å²) in [6.45, 7) is 2.94. The van der Waals surface area contributed by atoms with Crippen molar-refractivity contribution in [3.63, 3.8) is 0 Å². The first kappa shape index (κ1) is 14.0. The largest absolute Gasteiger partial charge is 0.394 e. The Morgan fingerprint density at radius 3 is 2.61 bits per heavy atom. The topological polar surface area (TPSA) is 35.5 Å². The van der Waals surface area contributed by atoms with Crippen molar-refractivity contribution in [3.05, 3.63) is 33.6 Å². The fraction of sp³-hybridized carbons (Fsp3) is 0.500. The van der Waals surface area contributed by atoms with Gasteiger partial charge in [0.05, 0.1) is 22.7 Å². The molecule has 0 bridgehead atoms. The molecule has 1 saturated heterocycles. The molecule has 0 aliphatic carbocycles. The van der Waals surface area contributed by atoms with Gasteiger partial charge in [-0.3, -0.25) is 4.90 Å². The van der Waals surface area contributed by atoms with Crippen molar-refractivity contribution in [2.75, 3.05) is 32.8 Å². The lowest BCUT2D eigenvalue weighted by Gasteiger charge is -2.34. The second-order valence-electron chi connectivity index (χ2n) is 4.24. The summed E-state index contributed by atoms with van der Waals surface area (Å²) in [5.41, 5.74) is 0.286. The van der Waals surface area contributed by atoms with Crippen LogP contribution in [0.1, 0.15) is 11.6 Å². The van der Waals surface area contributed by atoms with E-state index in [0.717, 1.165) is 26.2 Å². The zero-order chi connectivity index (χ0) is 13.1. The number of piperazine rings is 1. The van der Waals surface area contributed by atoms with E-state index in [1.54, 1.807) is 0 Å². The van der Waals surface area contributed by atoms with E-state index >= 15 is 0 Å². The number of halogens is 3.